The highest BCUT2D eigenvalue weighted by molar-refractivity contribution is 5.85. The van der Waals surface area contributed by atoms with Gasteiger partial charge in [0.1, 0.15) is 30.2 Å². The number of ether oxygens (including phenoxy) is 2. The number of halogens is 1. The number of hydrogen-bond acceptors (Lipinski definition) is 7. The maximum absolute atomic E-state index is 10.2. The van der Waals surface area contributed by atoms with Gasteiger partial charge in [0.15, 0.2) is 12.2 Å². The molecular formula is C23H32ClN3O6. The molecule has 2 aromatic carbocycles. The van der Waals surface area contributed by atoms with Crippen LogP contribution in [0.5, 0.6) is 5.75 Å². The average Bonchev–Trinajstić information content (AvgIpc) is 2.81. The van der Waals surface area contributed by atoms with Gasteiger partial charge in [-0.15, -0.1) is 12.4 Å². The Morgan fingerprint density at radius 3 is 2.33 bits per heavy atom. The van der Waals surface area contributed by atoms with Crippen LogP contribution in [0.4, 0.5) is 0 Å². The van der Waals surface area contributed by atoms with Crippen molar-refractivity contribution in [2.24, 2.45) is 10.7 Å². The van der Waals surface area contributed by atoms with Gasteiger partial charge in [-0.1, -0.05) is 42.5 Å². The number of guanidine groups is 1. The van der Waals surface area contributed by atoms with Crippen molar-refractivity contribution in [3.8, 4) is 5.75 Å². The largest absolute Gasteiger partial charge is 0.494 e. The van der Waals surface area contributed by atoms with Crippen molar-refractivity contribution >= 4 is 18.4 Å². The summed E-state index contributed by atoms with van der Waals surface area (Å²) in [7, 11) is 0. The van der Waals surface area contributed by atoms with Gasteiger partial charge in [0, 0.05) is 0 Å². The predicted octanol–water partition coefficient (Wildman–Crippen LogP) is 0.495. The van der Waals surface area contributed by atoms with Crippen LogP contribution in [0.25, 0.3) is 0 Å². The third-order valence-electron chi connectivity index (χ3n) is 5.33. The Hall–Kier alpha value is -2.40. The van der Waals surface area contributed by atoms with Crippen molar-refractivity contribution < 1.29 is 29.9 Å². The molecule has 9 nitrogen and oxygen atoms in total. The number of benzene rings is 2. The first kappa shape index (κ1) is 26.8. The number of nitrogens with one attached hydrogen (secondary N) is 1. The SMILES string of the molecule is CCOc1ccc(CC(N/C(N)=N/C2OC(CO)C(O)C(O)C2O)c2ccccc2)cc1.Cl. The number of rotatable bonds is 8. The van der Waals surface area contributed by atoms with Crippen LogP contribution in [0.15, 0.2) is 59.6 Å². The molecule has 1 saturated heterocycles. The lowest BCUT2D eigenvalue weighted by Gasteiger charge is -2.38. The molecule has 3 rings (SSSR count). The molecule has 7 N–H and O–H groups in total. The zero-order chi connectivity index (χ0) is 23.1. The van der Waals surface area contributed by atoms with Crippen molar-refractivity contribution in [1.29, 1.82) is 0 Å². The third kappa shape index (κ3) is 7.04. The zero-order valence-electron chi connectivity index (χ0n) is 18.3. The minimum absolute atomic E-state index is 0. The van der Waals surface area contributed by atoms with Crippen LogP contribution >= 0.6 is 12.4 Å². The lowest BCUT2D eigenvalue weighted by atomic mass is 9.98. The van der Waals surface area contributed by atoms with E-state index in [2.05, 4.69) is 10.3 Å². The van der Waals surface area contributed by atoms with E-state index in [-0.39, 0.29) is 24.4 Å². The molecule has 0 saturated carbocycles. The molecule has 6 atom stereocenters. The molecule has 1 aliphatic rings. The molecule has 0 bridgehead atoms. The molecule has 0 radical (unpaired) electrons. The topological polar surface area (TPSA) is 150 Å². The van der Waals surface area contributed by atoms with E-state index in [0.717, 1.165) is 16.9 Å². The first-order valence-corrected chi connectivity index (χ1v) is 10.6. The second kappa shape index (κ2) is 12.7. The first-order valence-electron chi connectivity index (χ1n) is 10.6. The van der Waals surface area contributed by atoms with Gasteiger partial charge in [0.05, 0.1) is 19.3 Å². The first-order chi connectivity index (χ1) is 15.4. The second-order valence-corrected chi connectivity index (χ2v) is 7.62. The summed E-state index contributed by atoms with van der Waals surface area (Å²) in [6.45, 7) is 1.99. The van der Waals surface area contributed by atoms with Crippen LogP contribution in [0.3, 0.4) is 0 Å². The molecule has 1 aliphatic heterocycles. The lowest BCUT2D eigenvalue weighted by Crippen LogP contribution is -2.58. The quantitative estimate of drug-likeness (QED) is 0.235. The van der Waals surface area contributed by atoms with Crippen molar-refractivity contribution in [2.75, 3.05) is 13.2 Å². The Labute approximate surface area is 199 Å². The lowest BCUT2D eigenvalue weighted by molar-refractivity contribution is -0.226. The predicted molar refractivity (Wildman–Crippen MR) is 126 cm³/mol. The standard InChI is InChI=1S/C23H31N3O6.ClH/c1-2-31-16-10-8-14(9-11-16)12-17(15-6-4-3-5-7-15)25-23(24)26-22-21(30)20(29)19(28)18(13-27)32-22;/h3-11,17-22,27-30H,2,12-13H2,1H3,(H3,24,25,26);1H. The number of aliphatic hydroxyl groups is 4. The zero-order valence-corrected chi connectivity index (χ0v) is 19.1. The minimum atomic E-state index is -1.52. The second-order valence-electron chi connectivity index (χ2n) is 7.62. The van der Waals surface area contributed by atoms with Crippen molar-refractivity contribution in [3.63, 3.8) is 0 Å². The molecule has 6 unspecified atom stereocenters. The van der Waals surface area contributed by atoms with Crippen LogP contribution < -0.4 is 15.8 Å². The summed E-state index contributed by atoms with van der Waals surface area (Å²) in [4.78, 5) is 4.15. The van der Waals surface area contributed by atoms with E-state index in [1.807, 2.05) is 61.5 Å². The van der Waals surface area contributed by atoms with Crippen LogP contribution in [0.1, 0.15) is 24.1 Å². The summed E-state index contributed by atoms with van der Waals surface area (Å²) in [5, 5.41) is 42.6. The fourth-order valence-corrected chi connectivity index (χ4v) is 3.60. The third-order valence-corrected chi connectivity index (χ3v) is 5.33. The van der Waals surface area contributed by atoms with Crippen LogP contribution in [-0.2, 0) is 11.2 Å². The maximum Gasteiger partial charge on any atom is 0.191 e. The highest BCUT2D eigenvalue weighted by atomic mass is 35.5. The smallest absolute Gasteiger partial charge is 0.191 e. The molecule has 0 spiro atoms. The van der Waals surface area contributed by atoms with Crippen molar-refractivity contribution in [2.45, 2.75) is 50.0 Å². The van der Waals surface area contributed by atoms with Crippen LogP contribution in [-0.4, -0.2) is 70.2 Å². The van der Waals surface area contributed by atoms with Gasteiger partial charge in [-0.25, -0.2) is 4.99 Å². The van der Waals surface area contributed by atoms with E-state index < -0.39 is 37.3 Å². The highest BCUT2D eigenvalue weighted by Crippen LogP contribution is 2.23. The van der Waals surface area contributed by atoms with Crippen molar-refractivity contribution in [3.05, 3.63) is 65.7 Å². The van der Waals surface area contributed by atoms with E-state index in [0.29, 0.717) is 13.0 Å². The fourth-order valence-electron chi connectivity index (χ4n) is 3.60. The van der Waals surface area contributed by atoms with E-state index >= 15 is 0 Å². The number of nitrogens with zero attached hydrogens (tertiary/aromatic N) is 1. The summed E-state index contributed by atoms with van der Waals surface area (Å²) in [6, 6.07) is 17.2. The number of aliphatic imine (C=N–C) groups is 1. The molecule has 1 fully saturated rings. The van der Waals surface area contributed by atoms with Crippen LogP contribution in [0, 0.1) is 0 Å². The van der Waals surface area contributed by atoms with E-state index in [4.69, 9.17) is 15.2 Å². The van der Waals surface area contributed by atoms with Gasteiger partial charge in [0.2, 0.25) is 0 Å². The Morgan fingerprint density at radius 1 is 1.06 bits per heavy atom. The number of hydrogen-bond donors (Lipinski definition) is 6. The van der Waals surface area contributed by atoms with Gasteiger partial charge in [-0.3, -0.25) is 0 Å². The monoisotopic (exact) mass is 481 g/mol. The fraction of sp³-hybridized carbons (Fsp3) is 0.435. The molecule has 33 heavy (non-hydrogen) atoms. The normalized spacial score (nSPS) is 26.2. The van der Waals surface area contributed by atoms with E-state index in [1.165, 1.54) is 0 Å². The summed E-state index contributed by atoms with van der Waals surface area (Å²) in [5.74, 6) is 0.790. The summed E-state index contributed by atoms with van der Waals surface area (Å²) in [5.41, 5.74) is 8.14. The Kier molecular flexibility index (Phi) is 10.4. The Balaban J connectivity index is 0.00000385. The molecule has 182 valence electrons. The molecule has 0 aliphatic carbocycles. The Bertz CT molecular complexity index is 868. The molecule has 2 aromatic rings. The van der Waals surface area contributed by atoms with Gasteiger partial charge in [0.25, 0.3) is 0 Å². The summed E-state index contributed by atoms with van der Waals surface area (Å²) in [6.07, 6.45) is -6.15. The summed E-state index contributed by atoms with van der Waals surface area (Å²) >= 11 is 0. The molecule has 10 heteroatoms. The van der Waals surface area contributed by atoms with Gasteiger partial charge in [-0.2, -0.15) is 0 Å². The number of nitrogens with two attached hydrogens (primary N) is 1. The molecular weight excluding hydrogens is 450 g/mol. The van der Waals surface area contributed by atoms with E-state index in [1.54, 1.807) is 0 Å². The molecule has 0 aromatic heterocycles. The average molecular weight is 482 g/mol. The van der Waals surface area contributed by atoms with E-state index in [9.17, 15) is 20.4 Å². The van der Waals surface area contributed by atoms with Crippen LogP contribution in [0.2, 0.25) is 0 Å². The number of aliphatic hydroxyl groups excluding tert-OH is 4. The van der Waals surface area contributed by atoms with Gasteiger partial charge in [-0.05, 0) is 36.6 Å². The molecule has 0 amide bonds. The van der Waals surface area contributed by atoms with Gasteiger partial charge >= 0.3 is 0 Å². The Morgan fingerprint density at radius 2 is 1.73 bits per heavy atom. The minimum Gasteiger partial charge on any atom is -0.494 e. The maximum atomic E-state index is 10.2. The molecule has 1 heterocycles. The van der Waals surface area contributed by atoms with Crippen molar-refractivity contribution in [1.82, 2.24) is 5.32 Å². The summed E-state index contributed by atoms with van der Waals surface area (Å²) < 4.78 is 10.9. The van der Waals surface area contributed by atoms with Gasteiger partial charge < -0.3 is 41.0 Å². The highest BCUT2D eigenvalue weighted by Gasteiger charge is 2.43.